The maximum atomic E-state index is 13.8. The fourth-order valence-electron chi connectivity index (χ4n) is 3.94. The van der Waals surface area contributed by atoms with Gasteiger partial charge in [0.05, 0.1) is 23.9 Å². The monoisotopic (exact) mass is 471 g/mol. The SMILES string of the molecule is CCC(C)(C)NC(=O)CSc1nc2sc3c(c2c(=O)n1-c1ccccc1OC)CCCC3. The van der Waals surface area contributed by atoms with Gasteiger partial charge in [-0.1, -0.05) is 30.8 Å². The van der Waals surface area contributed by atoms with Crippen LogP contribution in [0.3, 0.4) is 0 Å². The Hall–Kier alpha value is -2.32. The lowest BCUT2D eigenvalue weighted by atomic mass is 9.97. The van der Waals surface area contributed by atoms with Crippen molar-refractivity contribution in [3.05, 3.63) is 45.1 Å². The normalized spacial score (nSPS) is 13.8. The summed E-state index contributed by atoms with van der Waals surface area (Å²) >= 11 is 2.91. The summed E-state index contributed by atoms with van der Waals surface area (Å²) in [5.74, 6) is 0.702. The van der Waals surface area contributed by atoms with Gasteiger partial charge >= 0.3 is 0 Å². The first-order valence-electron chi connectivity index (χ1n) is 11.0. The van der Waals surface area contributed by atoms with Gasteiger partial charge in [0.2, 0.25) is 5.91 Å². The van der Waals surface area contributed by atoms with Gasteiger partial charge < -0.3 is 10.1 Å². The summed E-state index contributed by atoms with van der Waals surface area (Å²) in [6.45, 7) is 6.04. The van der Waals surface area contributed by atoms with Crippen molar-refractivity contribution >= 4 is 39.2 Å². The van der Waals surface area contributed by atoms with Crippen molar-refractivity contribution in [3.63, 3.8) is 0 Å². The van der Waals surface area contributed by atoms with Crippen LogP contribution in [0.4, 0.5) is 0 Å². The Kier molecular flexibility index (Phi) is 6.62. The van der Waals surface area contributed by atoms with Crippen LogP contribution in [0, 0.1) is 0 Å². The first-order valence-corrected chi connectivity index (χ1v) is 12.8. The molecule has 0 spiro atoms. The lowest BCUT2D eigenvalue weighted by molar-refractivity contribution is -0.120. The summed E-state index contributed by atoms with van der Waals surface area (Å²) in [5.41, 5.74) is 1.43. The number of nitrogens with one attached hydrogen (secondary N) is 1. The Balaban J connectivity index is 1.82. The third kappa shape index (κ3) is 4.43. The third-order valence-corrected chi connectivity index (χ3v) is 8.10. The summed E-state index contributed by atoms with van der Waals surface area (Å²) in [6, 6.07) is 7.44. The number of nitrogens with zero attached hydrogens (tertiary/aromatic N) is 2. The van der Waals surface area contributed by atoms with E-state index in [1.807, 2.05) is 45.0 Å². The number of ether oxygens (including phenoxy) is 1. The number of rotatable bonds is 7. The van der Waals surface area contributed by atoms with Crippen molar-refractivity contribution < 1.29 is 9.53 Å². The Morgan fingerprint density at radius 2 is 2.03 bits per heavy atom. The number of methoxy groups -OCH3 is 1. The van der Waals surface area contributed by atoms with Gasteiger partial charge in [0.1, 0.15) is 10.6 Å². The number of benzene rings is 1. The molecule has 6 nitrogen and oxygen atoms in total. The van der Waals surface area contributed by atoms with E-state index < -0.39 is 0 Å². The van der Waals surface area contributed by atoms with E-state index in [1.165, 1.54) is 16.6 Å². The predicted octanol–water partition coefficient (Wildman–Crippen LogP) is 4.73. The Labute approximate surface area is 196 Å². The molecule has 170 valence electrons. The molecule has 1 aromatic carbocycles. The molecule has 1 aliphatic rings. The van der Waals surface area contributed by atoms with Gasteiger partial charge in [0.25, 0.3) is 5.56 Å². The number of aromatic nitrogens is 2. The fraction of sp³-hybridized carbons (Fsp3) is 0.458. The van der Waals surface area contributed by atoms with Crippen molar-refractivity contribution in [2.45, 2.75) is 63.6 Å². The summed E-state index contributed by atoms with van der Waals surface area (Å²) in [6.07, 6.45) is 4.99. The summed E-state index contributed by atoms with van der Waals surface area (Å²) < 4.78 is 7.17. The zero-order valence-electron chi connectivity index (χ0n) is 19.0. The highest BCUT2D eigenvalue weighted by Crippen LogP contribution is 2.36. The number of thioether (sulfide) groups is 1. The molecule has 0 radical (unpaired) electrons. The van der Waals surface area contributed by atoms with Gasteiger partial charge in [0, 0.05) is 10.4 Å². The highest BCUT2D eigenvalue weighted by atomic mass is 32.2. The molecule has 2 aromatic heterocycles. The molecule has 0 unspecified atom stereocenters. The van der Waals surface area contributed by atoms with E-state index in [0.29, 0.717) is 16.6 Å². The second-order valence-electron chi connectivity index (χ2n) is 8.67. The third-order valence-electron chi connectivity index (χ3n) is 5.98. The maximum absolute atomic E-state index is 13.8. The highest BCUT2D eigenvalue weighted by Gasteiger charge is 2.25. The van der Waals surface area contributed by atoms with E-state index in [2.05, 4.69) is 5.32 Å². The lowest BCUT2D eigenvalue weighted by Gasteiger charge is -2.24. The Morgan fingerprint density at radius 1 is 1.28 bits per heavy atom. The van der Waals surface area contributed by atoms with Gasteiger partial charge in [-0.15, -0.1) is 11.3 Å². The summed E-state index contributed by atoms with van der Waals surface area (Å²) in [5, 5.41) is 4.28. The molecule has 0 atom stereocenters. The molecule has 0 saturated carbocycles. The molecular formula is C24H29N3O3S2. The molecule has 0 bridgehead atoms. The van der Waals surface area contributed by atoms with Gasteiger partial charge in [-0.25, -0.2) is 4.98 Å². The second kappa shape index (κ2) is 9.27. The maximum Gasteiger partial charge on any atom is 0.267 e. The standard InChI is InChI=1S/C24H29N3O3S2/c1-5-24(2,3)26-19(28)14-31-23-25-21-20(15-10-6-9-13-18(15)32-21)22(29)27(23)16-11-7-8-12-17(16)30-4/h7-8,11-12H,5-6,9-10,13-14H2,1-4H3,(H,26,28). The van der Waals surface area contributed by atoms with Crippen molar-refractivity contribution in [2.75, 3.05) is 12.9 Å². The van der Waals surface area contributed by atoms with Crippen molar-refractivity contribution in [1.29, 1.82) is 0 Å². The van der Waals surface area contributed by atoms with E-state index in [-0.39, 0.29) is 22.8 Å². The highest BCUT2D eigenvalue weighted by molar-refractivity contribution is 7.99. The topological polar surface area (TPSA) is 73.2 Å². The zero-order valence-corrected chi connectivity index (χ0v) is 20.6. The van der Waals surface area contributed by atoms with Gasteiger partial charge in [0.15, 0.2) is 5.16 Å². The van der Waals surface area contributed by atoms with Crippen molar-refractivity contribution in [3.8, 4) is 11.4 Å². The average Bonchev–Trinajstić information content (AvgIpc) is 3.16. The number of thiophene rings is 1. The molecule has 1 N–H and O–H groups in total. The van der Waals surface area contributed by atoms with Crippen molar-refractivity contribution in [1.82, 2.24) is 14.9 Å². The number of aryl methyl sites for hydroxylation is 2. The minimum atomic E-state index is -0.274. The van der Waals surface area contributed by atoms with Crippen molar-refractivity contribution in [2.24, 2.45) is 0 Å². The average molecular weight is 472 g/mol. The number of hydrogen-bond donors (Lipinski definition) is 1. The van der Waals surface area contributed by atoms with Crippen LogP contribution in [-0.4, -0.2) is 33.9 Å². The van der Waals surface area contributed by atoms with Crippen LogP contribution in [-0.2, 0) is 17.6 Å². The van der Waals surface area contributed by atoms with Gasteiger partial charge in [-0.2, -0.15) is 0 Å². The van der Waals surface area contributed by atoms with E-state index in [1.54, 1.807) is 23.0 Å². The first-order chi connectivity index (χ1) is 15.3. The largest absolute Gasteiger partial charge is 0.495 e. The predicted molar refractivity (Wildman–Crippen MR) is 132 cm³/mol. The number of carbonyl (C=O) groups excluding carboxylic acids is 1. The van der Waals surface area contributed by atoms with E-state index in [9.17, 15) is 9.59 Å². The molecular weight excluding hydrogens is 442 g/mol. The van der Waals surface area contributed by atoms with Crippen LogP contribution in [0.5, 0.6) is 5.75 Å². The van der Waals surface area contributed by atoms with E-state index >= 15 is 0 Å². The Bertz CT molecular complexity index is 1210. The van der Waals surface area contributed by atoms with Crippen LogP contribution in [0.2, 0.25) is 0 Å². The molecule has 2 heterocycles. The summed E-state index contributed by atoms with van der Waals surface area (Å²) in [4.78, 5) is 33.4. The van der Waals surface area contributed by atoms with Crippen LogP contribution in [0.1, 0.15) is 50.5 Å². The number of fused-ring (bicyclic) bond motifs is 3. The molecule has 3 aromatic rings. The second-order valence-corrected chi connectivity index (χ2v) is 10.7. The van der Waals surface area contributed by atoms with Crippen LogP contribution >= 0.6 is 23.1 Å². The molecule has 0 aliphatic heterocycles. The van der Waals surface area contributed by atoms with E-state index in [4.69, 9.17) is 9.72 Å². The number of hydrogen-bond acceptors (Lipinski definition) is 6. The number of carbonyl (C=O) groups is 1. The quantitative estimate of drug-likeness (QED) is 0.398. The minimum Gasteiger partial charge on any atom is -0.495 e. The first kappa shape index (κ1) is 22.9. The zero-order chi connectivity index (χ0) is 22.9. The molecule has 32 heavy (non-hydrogen) atoms. The smallest absolute Gasteiger partial charge is 0.267 e. The van der Waals surface area contributed by atoms with Crippen LogP contribution in [0.15, 0.2) is 34.2 Å². The molecule has 0 saturated heterocycles. The Morgan fingerprint density at radius 3 is 2.78 bits per heavy atom. The van der Waals surface area contributed by atoms with Gasteiger partial charge in [-0.3, -0.25) is 14.2 Å². The number of para-hydroxylation sites is 2. The number of amides is 1. The van der Waals surface area contributed by atoms with E-state index in [0.717, 1.165) is 47.9 Å². The van der Waals surface area contributed by atoms with Crippen LogP contribution < -0.4 is 15.6 Å². The molecule has 4 rings (SSSR count). The fourth-order valence-corrected chi connectivity index (χ4v) is 6.05. The molecule has 0 fully saturated rings. The lowest BCUT2D eigenvalue weighted by Crippen LogP contribution is -2.43. The summed E-state index contributed by atoms with van der Waals surface area (Å²) in [7, 11) is 1.59. The van der Waals surface area contributed by atoms with Gasteiger partial charge in [-0.05, 0) is 63.6 Å². The van der Waals surface area contributed by atoms with Crippen LogP contribution in [0.25, 0.3) is 15.9 Å². The minimum absolute atomic E-state index is 0.0757. The molecule has 8 heteroatoms. The molecule has 1 amide bonds. The molecule has 1 aliphatic carbocycles.